The number of anilines is 2. The molecule has 2 aliphatic heterocycles. The molecule has 0 bridgehead atoms. The third-order valence-corrected chi connectivity index (χ3v) is 4.47. The van der Waals surface area contributed by atoms with Gasteiger partial charge >= 0.3 is 0 Å². The minimum absolute atomic E-state index is 0.836. The van der Waals surface area contributed by atoms with Crippen molar-refractivity contribution in [2.45, 2.75) is 0 Å². The topological polar surface area (TPSA) is 45.0 Å². The molecule has 0 saturated carbocycles. The van der Waals surface area contributed by atoms with Gasteiger partial charge in [-0.2, -0.15) is 0 Å². The van der Waals surface area contributed by atoms with Crippen LogP contribution in [-0.2, 0) is 4.74 Å². The van der Waals surface area contributed by atoms with E-state index in [1.807, 2.05) is 12.1 Å². The molecule has 5 nitrogen and oxygen atoms in total. The second kappa shape index (κ2) is 7.11. The largest absolute Gasteiger partial charge is 0.399 e. The van der Waals surface area contributed by atoms with Crippen molar-refractivity contribution >= 4 is 11.4 Å². The van der Waals surface area contributed by atoms with Crippen LogP contribution >= 0.6 is 0 Å². The van der Waals surface area contributed by atoms with Gasteiger partial charge in [0.1, 0.15) is 0 Å². The van der Waals surface area contributed by atoms with Crippen LogP contribution in [0.1, 0.15) is 0 Å². The molecule has 21 heavy (non-hydrogen) atoms. The second-order valence-corrected chi connectivity index (χ2v) is 5.87. The summed E-state index contributed by atoms with van der Waals surface area (Å²) in [5.74, 6) is 0. The molecule has 2 N–H and O–H groups in total. The number of rotatable bonds is 4. The maximum Gasteiger partial charge on any atom is 0.0594 e. The molecule has 1 aromatic rings. The van der Waals surface area contributed by atoms with Gasteiger partial charge in [0.15, 0.2) is 0 Å². The first-order valence-corrected chi connectivity index (χ1v) is 7.94. The summed E-state index contributed by atoms with van der Waals surface area (Å²) in [4.78, 5) is 7.53. The molecule has 2 heterocycles. The number of benzene rings is 1. The Morgan fingerprint density at radius 1 is 0.810 bits per heavy atom. The molecule has 0 unspecified atom stereocenters. The van der Waals surface area contributed by atoms with Gasteiger partial charge in [-0.15, -0.1) is 0 Å². The SMILES string of the molecule is Nc1ccc(N2CCN(CCN3CCOCC3)CC2)cc1. The number of morpholine rings is 1. The van der Waals surface area contributed by atoms with Gasteiger partial charge in [0.2, 0.25) is 0 Å². The standard InChI is InChI=1S/C16H26N4O/c17-15-1-3-16(4-2-15)20-9-7-18(8-10-20)5-6-19-11-13-21-14-12-19/h1-4H,5-14,17H2. The number of nitrogens with two attached hydrogens (primary N) is 1. The van der Waals surface area contributed by atoms with Crippen LogP contribution < -0.4 is 10.6 Å². The lowest BCUT2D eigenvalue weighted by Gasteiger charge is -2.37. The van der Waals surface area contributed by atoms with Gasteiger partial charge in [0.25, 0.3) is 0 Å². The van der Waals surface area contributed by atoms with E-state index >= 15 is 0 Å². The van der Waals surface area contributed by atoms with Crippen molar-refractivity contribution in [2.24, 2.45) is 0 Å². The molecule has 2 fully saturated rings. The highest BCUT2D eigenvalue weighted by atomic mass is 16.5. The molecular weight excluding hydrogens is 264 g/mol. The van der Waals surface area contributed by atoms with Crippen LogP contribution in [0.25, 0.3) is 0 Å². The maximum atomic E-state index is 5.75. The van der Waals surface area contributed by atoms with Gasteiger partial charge in [0.05, 0.1) is 13.2 Å². The van der Waals surface area contributed by atoms with Crippen molar-refractivity contribution < 1.29 is 4.74 Å². The van der Waals surface area contributed by atoms with E-state index < -0.39 is 0 Å². The van der Waals surface area contributed by atoms with Gasteiger partial charge in [-0.3, -0.25) is 9.80 Å². The highest BCUT2D eigenvalue weighted by Gasteiger charge is 2.18. The van der Waals surface area contributed by atoms with E-state index in [0.29, 0.717) is 0 Å². The predicted octanol–water partition coefficient (Wildman–Crippen LogP) is 0.723. The summed E-state index contributed by atoms with van der Waals surface area (Å²) in [5.41, 5.74) is 7.87. The summed E-state index contributed by atoms with van der Waals surface area (Å²) in [5, 5.41) is 0. The Hall–Kier alpha value is -1.30. The average Bonchev–Trinajstić information content (AvgIpc) is 2.55. The second-order valence-electron chi connectivity index (χ2n) is 5.87. The van der Waals surface area contributed by atoms with Crippen LogP contribution in [0.15, 0.2) is 24.3 Å². The maximum absolute atomic E-state index is 5.75. The fourth-order valence-electron chi connectivity index (χ4n) is 3.02. The van der Waals surface area contributed by atoms with E-state index in [1.165, 1.54) is 18.8 Å². The van der Waals surface area contributed by atoms with E-state index in [2.05, 4.69) is 26.8 Å². The number of hydrogen-bond acceptors (Lipinski definition) is 5. The lowest BCUT2D eigenvalue weighted by atomic mass is 10.2. The zero-order chi connectivity index (χ0) is 14.5. The number of piperazine rings is 1. The van der Waals surface area contributed by atoms with Crippen LogP contribution in [-0.4, -0.2) is 75.4 Å². The van der Waals surface area contributed by atoms with Crippen molar-refractivity contribution in [1.29, 1.82) is 0 Å². The molecule has 0 aromatic heterocycles. The Morgan fingerprint density at radius 3 is 2.00 bits per heavy atom. The minimum atomic E-state index is 0.836. The molecular formula is C16H26N4O. The van der Waals surface area contributed by atoms with Crippen molar-refractivity contribution in [3.8, 4) is 0 Å². The third kappa shape index (κ3) is 4.09. The Labute approximate surface area is 127 Å². The molecule has 0 radical (unpaired) electrons. The fourth-order valence-corrected chi connectivity index (χ4v) is 3.02. The summed E-state index contributed by atoms with van der Waals surface area (Å²) in [7, 11) is 0. The first-order chi connectivity index (χ1) is 10.3. The lowest BCUT2D eigenvalue weighted by Crippen LogP contribution is -2.49. The summed E-state index contributed by atoms with van der Waals surface area (Å²) < 4.78 is 5.39. The average molecular weight is 290 g/mol. The lowest BCUT2D eigenvalue weighted by molar-refractivity contribution is 0.0331. The van der Waals surface area contributed by atoms with Gasteiger partial charge in [-0.05, 0) is 24.3 Å². The Morgan fingerprint density at radius 2 is 1.38 bits per heavy atom. The molecule has 5 heteroatoms. The summed E-state index contributed by atoms with van der Waals surface area (Å²) in [6, 6.07) is 8.22. The van der Waals surface area contributed by atoms with Gasteiger partial charge in [0, 0.05) is 63.7 Å². The van der Waals surface area contributed by atoms with Crippen molar-refractivity contribution in [3.63, 3.8) is 0 Å². The van der Waals surface area contributed by atoms with E-state index in [4.69, 9.17) is 10.5 Å². The number of hydrogen-bond donors (Lipinski definition) is 1. The molecule has 3 rings (SSSR count). The normalized spacial score (nSPS) is 21.6. The first-order valence-electron chi connectivity index (χ1n) is 7.94. The summed E-state index contributed by atoms with van der Waals surface area (Å²) in [6.07, 6.45) is 0. The van der Waals surface area contributed by atoms with Gasteiger partial charge in [-0.25, -0.2) is 0 Å². The predicted molar refractivity (Wildman–Crippen MR) is 86.8 cm³/mol. The van der Waals surface area contributed by atoms with Crippen LogP contribution in [0.2, 0.25) is 0 Å². The highest BCUT2D eigenvalue weighted by Crippen LogP contribution is 2.18. The number of ether oxygens (including phenoxy) is 1. The van der Waals surface area contributed by atoms with Gasteiger partial charge < -0.3 is 15.4 Å². The Kier molecular flexibility index (Phi) is 4.95. The molecule has 116 valence electrons. The molecule has 1 aromatic carbocycles. The minimum Gasteiger partial charge on any atom is -0.399 e. The van der Waals surface area contributed by atoms with Crippen molar-refractivity contribution in [3.05, 3.63) is 24.3 Å². The molecule has 0 aliphatic carbocycles. The summed E-state index contributed by atoms with van der Waals surface area (Å²) >= 11 is 0. The van der Waals surface area contributed by atoms with Crippen molar-refractivity contribution in [2.75, 3.05) is 76.2 Å². The molecule has 2 aliphatic rings. The zero-order valence-corrected chi connectivity index (χ0v) is 12.7. The molecule has 0 atom stereocenters. The van der Waals surface area contributed by atoms with E-state index in [9.17, 15) is 0 Å². The fraction of sp³-hybridized carbons (Fsp3) is 0.625. The number of nitrogens with zero attached hydrogens (tertiary/aromatic N) is 3. The zero-order valence-electron chi connectivity index (χ0n) is 12.7. The van der Waals surface area contributed by atoms with E-state index in [1.54, 1.807) is 0 Å². The van der Waals surface area contributed by atoms with E-state index in [-0.39, 0.29) is 0 Å². The van der Waals surface area contributed by atoms with Crippen LogP contribution in [0.3, 0.4) is 0 Å². The van der Waals surface area contributed by atoms with E-state index in [0.717, 1.165) is 58.2 Å². The molecule has 0 amide bonds. The smallest absolute Gasteiger partial charge is 0.0594 e. The molecule has 2 saturated heterocycles. The quantitative estimate of drug-likeness (QED) is 0.828. The third-order valence-electron chi connectivity index (χ3n) is 4.47. The van der Waals surface area contributed by atoms with Crippen molar-refractivity contribution in [1.82, 2.24) is 9.80 Å². The first kappa shape index (κ1) is 14.6. The van der Waals surface area contributed by atoms with Crippen LogP contribution in [0.4, 0.5) is 11.4 Å². The number of nitrogen functional groups attached to an aromatic ring is 1. The Balaban J connectivity index is 1.41. The molecule has 0 spiro atoms. The van der Waals surface area contributed by atoms with Crippen LogP contribution in [0, 0.1) is 0 Å². The summed E-state index contributed by atoms with van der Waals surface area (Å²) in [6.45, 7) is 10.8. The van der Waals surface area contributed by atoms with Crippen LogP contribution in [0.5, 0.6) is 0 Å². The van der Waals surface area contributed by atoms with Gasteiger partial charge in [-0.1, -0.05) is 0 Å². The Bertz CT molecular complexity index is 422. The monoisotopic (exact) mass is 290 g/mol. The highest BCUT2D eigenvalue weighted by molar-refractivity contribution is 5.53.